The fraction of sp³-hybridized carbons (Fsp3) is 0.111. The molecule has 2 rings (SSSR count). The van der Waals surface area contributed by atoms with Crippen LogP contribution in [-0.4, -0.2) is 15.0 Å². The molecule has 0 aliphatic rings. The van der Waals surface area contributed by atoms with Crippen molar-refractivity contribution in [1.29, 1.82) is 0 Å². The Morgan fingerprint density at radius 1 is 1.43 bits per heavy atom. The minimum Gasteiger partial charge on any atom is -0.399 e. The third kappa shape index (κ3) is 1.88. The molecule has 4 nitrogen and oxygen atoms in total. The van der Waals surface area contributed by atoms with E-state index in [0.29, 0.717) is 0 Å². The highest BCUT2D eigenvalue weighted by molar-refractivity contribution is 7.99. The van der Waals surface area contributed by atoms with Gasteiger partial charge < -0.3 is 5.73 Å². The van der Waals surface area contributed by atoms with Crippen LogP contribution in [0.3, 0.4) is 0 Å². The van der Waals surface area contributed by atoms with E-state index in [0.717, 1.165) is 15.6 Å². The van der Waals surface area contributed by atoms with Crippen LogP contribution in [0.5, 0.6) is 0 Å². The first-order valence-electron chi connectivity index (χ1n) is 4.14. The normalized spacial score (nSPS) is 10.4. The van der Waals surface area contributed by atoms with E-state index < -0.39 is 0 Å². The minimum atomic E-state index is 0.769. The number of anilines is 1. The number of benzene rings is 1. The summed E-state index contributed by atoms with van der Waals surface area (Å²) in [5.74, 6) is 0. The van der Waals surface area contributed by atoms with Gasteiger partial charge in [-0.05, 0) is 18.2 Å². The Bertz CT molecular complexity index is 438. The topological polar surface area (TPSA) is 56.7 Å². The van der Waals surface area contributed by atoms with E-state index in [1.165, 1.54) is 0 Å². The Hall–Kier alpha value is -1.49. The number of hydrogen-bond acceptors (Lipinski definition) is 4. The van der Waals surface area contributed by atoms with Crippen LogP contribution >= 0.6 is 11.8 Å². The molecule has 0 radical (unpaired) electrons. The molecule has 72 valence electrons. The van der Waals surface area contributed by atoms with Crippen LogP contribution in [0.1, 0.15) is 0 Å². The second kappa shape index (κ2) is 3.71. The van der Waals surface area contributed by atoms with Crippen molar-refractivity contribution >= 4 is 17.4 Å². The monoisotopic (exact) mass is 206 g/mol. The van der Waals surface area contributed by atoms with Crippen LogP contribution in [0.2, 0.25) is 0 Å². The summed E-state index contributed by atoms with van der Waals surface area (Å²) in [6.45, 7) is 0. The lowest BCUT2D eigenvalue weighted by atomic mass is 10.3. The lowest BCUT2D eigenvalue weighted by Crippen LogP contribution is -1.92. The number of hydrogen-bond donors (Lipinski definition) is 1. The molecule has 0 aliphatic carbocycles. The largest absolute Gasteiger partial charge is 0.399 e. The molecule has 0 fully saturated rings. The van der Waals surface area contributed by atoms with Crippen molar-refractivity contribution in [2.24, 2.45) is 7.05 Å². The smallest absolute Gasteiger partial charge is 0.119 e. The quantitative estimate of drug-likeness (QED) is 0.757. The van der Waals surface area contributed by atoms with E-state index in [9.17, 15) is 0 Å². The van der Waals surface area contributed by atoms with Crippen LogP contribution in [0.15, 0.2) is 40.4 Å². The van der Waals surface area contributed by atoms with Gasteiger partial charge in [0.15, 0.2) is 0 Å². The highest BCUT2D eigenvalue weighted by atomic mass is 32.2. The van der Waals surface area contributed by atoms with E-state index in [4.69, 9.17) is 5.73 Å². The van der Waals surface area contributed by atoms with Gasteiger partial charge in [-0.2, -0.15) is 0 Å². The lowest BCUT2D eigenvalue weighted by Gasteiger charge is -2.01. The summed E-state index contributed by atoms with van der Waals surface area (Å²) in [6.07, 6.45) is 1.73. The van der Waals surface area contributed by atoms with E-state index in [-0.39, 0.29) is 0 Å². The lowest BCUT2D eigenvalue weighted by molar-refractivity contribution is 0.665. The fourth-order valence-corrected chi connectivity index (χ4v) is 1.92. The first-order chi connectivity index (χ1) is 6.75. The fourth-order valence-electron chi connectivity index (χ4n) is 1.07. The van der Waals surface area contributed by atoms with Gasteiger partial charge in [-0.15, -0.1) is 5.10 Å². The third-order valence-electron chi connectivity index (χ3n) is 1.75. The number of nitrogen functional groups attached to an aromatic ring is 1. The molecule has 2 aromatic rings. The molecule has 0 saturated heterocycles. The molecule has 1 heterocycles. The van der Waals surface area contributed by atoms with Crippen LogP contribution in [-0.2, 0) is 7.05 Å². The highest BCUT2D eigenvalue weighted by Crippen LogP contribution is 2.27. The van der Waals surface area contributed by atoms with Crippen molar-refractivity contribution in [3.05, 3.63) is 30.5 Å². The number of nitrogens with zero attached hydrogens (tertiary/aromatic N) is 3. The van der Waals surface area contributed by atoms with Gasteiger partial charge in [0.2, 0.25) is 0 Å². The van der Waals surface area contributed by atoms with Crippen molar-refractivity contribution in [2.45, 2.75) is 9.92 Å². The molecule has 2 N–H and O–H groups in total. The second-order valence-electron chi connectivity index (χ2n) is 2.87. The SMILES string of the molecule is Cn1nncc1Sc1cccc(N)c1. The van der Waals surface area contributed by atoms with Crippen molar-refractivity contribution in [1.82, 2.24) is 15.0 Å². The summed E-state index contributed by atoms with van der Waals surface area (Å²) in [7, 11) is 1.86. The summed E-state index contributed by atoms with van der Waals surface area (Å²) < 4.78 is 1.73. The van der Waals surface area contributed by atoms with E-state index in [1.54, 1.807) is 22.6 Å². The number of rotatable bonds is 2. The molecular formula is C9H10N4S. The molecule has 0 atom stereocenters. The van der Waals surface area contributed by atoms with E-state index in [2.05, 4.69) is 10.3 Å². The van der Waals surface area contributed by atoms with Crippen LogP contribution in [0.4, 0.5) is 5.69 Å². The van der Waals surface area contributed by atoms with Crippen molar-refractivity contribution in [2.75, 3.05) is 5.73 Å². The molecule has 0 spiro atoms. The molecule has 14 heavy (non-hydrogen) atoms. The molecule has 0 amide bonds. The summed E-state index contributed by atoms with van der Waals surface area (Å²) in [5.41, 5.74) is 6.44. The van der Waals surface area contributed by atoms with E-state index in [1.807, 2.05) is 31.3 Å². The molecule has 0 aliphatic heterocycles. The first-order valence-corrected chi connectivity index (χ1v) is 4.95. The third-order valence-corrected chi connectivity index (χ3v) is 2.82. The van der Waals surface area contributed by atoms with E-state index >= 15 is 0 Å². The molecule has 5 heteroatoms. The summed E-state index contributed by atoms with van der Waals surface area (Å²) >= 11 is 1.59. The van der Waals surface area contributed by atoms with Gasteiger partial charge in [0.25, 0.3) is 0 Å². The predicted molar refractivity (Wildman–Crippen MR) is 56.0 cm³/mol. The van der Waals surface area contributed by atoms with Crippen molar-refractivity contribution in [3.63, 3.8) is 0 Å². The number of aryl methyl sites for hydroxylation is 1. The van der Waals surface area contributed by atoms with Crippen molar-refractivity contribution in [3.8, 4) is 0 Å². The van der Waals surface area contributed by atoms with Gasteiger partial charge in [-0.1, -0.05) is 23.0 Å². The van der Waals surface area contributed by atoms with Crippen LogP contribution < -0.4 is 5.73 Å². The van der Waals surface area contributed by atoms with Gasteiger partial charge in [-0.3, -0.25) is 0 Å². The van der Waals surface area contributed by atoms with Gasteiger partial charge >= 0.3 is 0 Å². The Morgan fingerprint density at radius 2 is 2.29 bits per heavy atom. The highest BCUT2D eigenvalue weighted by Gasteiger charge is 2.02. The summed E-state index contributed by atoms with van der Waals surface area (Å²) in [6, 6.07) is 7.73. The Balaban J connectivity index is 2.23. The molecule has 0 saturated carbocycles. The number of aromatic nitrogens is 3. The first kappa shape index (κ1) is 9.08. The molecule has 0 bridgehead atoms. The average Bonchev–Trinajstić information content (AvgIpc) is 2.52. The molecule has 1 aromatic carbocycles. The molecule has 0 unspecified atom stereocenters. The maximum atomic E-state index is 5.67. The maximum Gasteiger partial charge on any atom is 0.119 e. The Kier molecular flexibility index (Phi) is 2.41. The zero-order valence-electron chi connectivity index (χ0n) is 7.71. The zero-order valence-corrected chi connectivity index (χ0v) is 8.53. The predicted octanol–water partition coefficient (Wildman–Crippen LogP) is 1.55. The summed E-state index contributed by atoms with van der Waals surface area (Å²) in [4.78, 5) is 1.09. The van der Waals surface area contributed by atoms with Gasteiger partial charge in [0.05, 0.1) is 6.20 Å². The minimum absolute atomic E-state index is 0.769. The van der Waals surface area contributed by atoms with Gasteiger partial charge in [-0.25, -0.2) is 4.68 Å². The summed E-state index contributed by atoms with van der Waals surface area (Å²) in [5, 5.41) is 8.65. The standard InChI is InChI=1S/C9H10N4S/c1-13-9(6-11-12-13)14-8-4-2-3-7(10)5-8/h2-6H,10H2,1H3. The number of nitrogens with two attached hydrogens (primary N) is 1. The van der Waals surface area contributed by atoms with Crippen LogP contribution in [0.25, 0.3) is 0 Å². The average molecular weight is 206 g/mol. The van der Waals surface area contributed by atoms with Crippen LogP contribution in [0, 0.1) is 0 Å². The Labute approximate surface area is 86.1 Å². The molecular weight excluding hydrogens is 196 g/mol. The zero-order chi connectivity index (χ0) is 9.97. The van der Waals surface area contributed by atoms with Gasteiger partial charge in [0, 0.05) is 17.6 Å². The van der Waals surface area contributed by atoms with Crippen molar-refractivity contribution < 1.29 is 0 Å². The second-order valence-corrected chi connectivity index (χ2v) is 3.96. The molecule has 1 aromatic heterocycles. The Morgan fingerprint density at radius 3 is 2.93 bits per heavy atom. The maximum absolute atomic E-state index is 5.67. The van der Waals surface area contributed by atoms with Gasteiger partial charge in [0.1, 0.15) is 5.03 Å².